The quantitative estimate of drug-likeness (QED) is 0.196. The lowest BCUT2D eigenvalue weighted by Gasteiger charge is -2.20. The van der Waals surface area contributed by atoms with Crippen LogP contribution in [-0.2, 0) is 0 Å². The van der Waals surface area contributed by atoms with Gasteiger partial charge in [0.1, 0.15) is 5.82 Å². The summed E-state index contributed by atoms with van der Waals surface area (Å²) in [6.07, 6.45) is 22.5. The van der Waals surface area contributed by atoms with Crippen molar-refractivity contribution in [3.8, 4) is 22.8 Å². The van der Waals surface area contributed by atoms with E-state index in [1.54, 1.807) is 0 Å². The van der Waals surface area contributed by atoms with Crippen LogP contribution in [0.3, 0.4) is 0 Å². The molecule has 0 fully saturated rings. The molecule has 0 spiro atoms. The van der Waals surface area contributed by atoms with Crippen LogP contribution in [0, 0.1) is 0 Å². The van der Waals surface area contributed by atoms with Crippen molar-refractivity contribution in [2.45, 2.75) is 40.7 Å². The van der Waals surface area contributed by atoms with Crippen LogP contribution in [0.1, 0.15) is 53.1 Å². The van der Waals surface area contributed by atoms with E-state index < -0.39 is 0 Å². The van der Waals surface area contributed by atoms with E-state index in [9.17, 15) is 0 Å². The Morgan fingerprint density at radius 3 is 2.38 bits per heavy atom. The molecule has 9 rings (SSSR count). The Hall–Kier alpha value is -5.06. The van der Waals surface area contributed by atoms with E-state index in [4.69, 9.17) is 15.0 Å². The molecular weight excluding hydrogens is 591 g/mol. The second-order valence-corrected chi connectivity index (χ2v) is 13.9. The van der Waals surface area contributed by atoms with Crippen LogP contribution in [0.2, 0.25) is 0 Å². The highest BCUT2D eigenvalue weighted by atomic mass is 32.2. The van der Waals surface area contributed by atoms with Gasteiger partial charge in [-0.25, -0.2) is 15.0 Å². The first-order chi connectivity index (χ1) is 23.3. The fraction of sp³-hybridized carbons (Fsp3) is 0.140. The van der Waals surface area contributed by atoms with Crippen molar-refractivity contribution in [3.05, 3.63) is 173 Å². The molecule has 0 N–H and O–H groups in total. The molecule has 0 amide bonds. The van der Waals surface area contributed by atoms with Gasteiger partial charge in [-0.3, -0.25) is 0 Å². The molecule has 1 aromatic heterocycles. The topological polar surface area (TPSA) is 38.7 Å². The smallest absolute Gasteiger partial charge is 0.164 e. The molecule has 0 saturated carbocycles. The Bertz CT molecular complexity index is 2260. The SMILES string of the molecule is C1=CCC(c2cccc(C3=CC(c4nc(-c5ccccc5)nc(-c5cccc6c5=CC5Sc7ccccc7C5C=6)n4)CC=C3)c2)C=C1. The number of thioether (sulfide) groups is 1. The van der Waals surface area contributed by atoms with Crippen molar-refractivity contribution in [1.82, 2.24) is 15.0 Å². The van der Waals surface area contributed by atoms with Crippen molar-refractivity contribution in [1.29, 1.82) is 0 Å². The number of hydrogen-bond donors (Lipinski definition) is 0. The maximum Gasteiger partial charge on any atom is 0.164 e. The van der Waals surface area contributed by atoms with E-state index in [1.165, 1.54) is 37.6 Å². The lowest BCUT2D eigenvalue weighted by Crippen LogP contribution is -2.34. The summed E-state index contributed by atoms with van der Waals surface area (Å²) in [6.45, 7) is 0. The van der Waals surface area contributed by atoms with Crippen LogP contribution >= 0.6 is 11.8 Å². The Labute approximate surface area is 279 Å². The van der Waals surface area contributed by atoms with E-state index in [0.717, 1.165) is 35.6 Å². The number of aromatic nitrogens is 3. The van der Waals surface area contributed by atoms with Crippen molar-refractivity contribution in [2.75, 3.05) is 0 Å². The molecule has 3 nitrogen and oxygen atoms in total. The molecule has 3 aliphatic carbocycles. The zero-order valence-corrected chi connectivity index (χ0v) is 26.7. The fourth-order valence-electron chi connectivity index (χ4n) is 7.28. The number of hydrogen-bond acceptors (Lipinski definition) is 4. The van der Waals surface area contributed by atoms with Gasteiger partial charge in [0, 0.05) is 39.0 Å². The number of nitrogens with zero attached hydrogens (tertiary/aromatic N) is 3. The summed E-state index contributed by atoms with van der Waals surface area (Å²) in [5.74, 6) is 3.10. The molecule has 4 heteroatoms. The molecule has 0 radical (unpaired) electrons. The first-order valence-corrected chi connectivity index (χ1v) is 17.4. The summed E-state index contributed by atoms with van der Waals surface area (Å²) in [7, 11) is 0. The van der Waals surface area contributed by atoms with Gasteiger partial charge in [-0.15, -0.1) is 11.8 Å². The van der Waals surface area contributed by atoms with Crippen molar-refractivity contribution >= 4 is 29.5 Å². The third-order valence-corrected chi connectivity index (χ3v) is 11.0. The monoisotopic (exact) mass is 623 g/mol. The molecule has 1 aliphatic heterocycles. The standard InChI is InChI=1S/C43H33N3S/c1-3-12-28(13-4-1)30-16-9-17-31(24-30)32-18-10-20-34(25-32)42-44-41(29-14-5-2-6-15-29)45-43(46-42)36-22-11-19-33-26-38-35-21-7-8-23-39(35)47-40(38)27-37(33)36/h1-12,14-19,21-28,34,38,40H,13,20H2. The minimum absolute atomic E-state index is 0.0414. The fourth-order valence-corrected chi connectivity index (χ4v) is 8.64. The summed E-state index contributed by atoms with van der Waals surface area (Å²) >= 11 is 1.96. The highest BCUT2D eigenvalue weighted by Crippen LogP contribution is 2.47. The van der Waals surface area contributed by atoms with Gasteiger partial charge in [0.25, 0.3) is 0 Å². The Balaban J connectivity index is 1.14. The molecule has 2 heterocycles. The molecule has 4 aromatic carbocycles. The largest absolute Gasteiger partial charge is 0.212 e. The molecule has 4 unspecified atom stereocenters. The predicted octanol–water partition coefficient (Wildman–Crippen LogP) is 8.77. The van der Waals surface area contributed by atoms with Gasteiger partial charge in [-0.2, -0.15) is 0 Å². The number of fused-ring (bicyclic) bond motifs is 4. The zero-order chi connectivity index (χ0) is 31.2. The first-order valence-electron chi connectivity index (χ1n) is 16.5. The summed E-state index contributed by atoms with van der Waals surface area (Å²) < 4.78 is 0. The minimum atomic E-state index is 0.0414. The lowest BCUT2D eigenvalue weighted by molar-refractivity contribution is 0.766. The predicted molar refractivity (Wildman–Crippen MR) is 194 cm³/mol. The maximum absolute atomic E-state index is 5.25. The molecule has 47 heavy (non-hydrogen) atoms. The van der Waals surface area contributed by atoms with Crippen LogP contribution in [0.4, 0.5) is 0 Å². The highest BCUT2D eigenvalue weighted by molar-refractivity contribution is 8.00. The van der Waals surface area contributed by atoms with Crippen molar-refractivity contribution < 1.29 is 0 Å². The molecule has 226 valence electrons. The van der Waals surface area contributed by atoms with Crippen LogP contribution in [0.15, 0.2) is 144 Å². The summed E-state index contributed by atoms with van der Waals surface area (Å²) in [4.78, 5) is 16.9. The average molecular weight is 624 g/mol. The Morgan fingerprint density at radius 2 is 1.47 bits per heavy atom. The lowest BCUT2D eigenvalue weighted by atomic mass is 9.87. The van der Waals surface area contributed by atoms with Crippen LogP contribution in [0.25, 0.3) is 40.5 Å². The molecular formula is C43H33N3S. The van der Waals surface area contributed by atoms with Crippen LogP contribution in [0.5, 0.6) is 0 Å². The number of rotatable bonds is 5. The summed E-state index contributed by atoms with van der Waals surface area (Å²) in [6, 6.07) is 34.6. The Morgan fingerprint density at radius 1 is 0.638 bits per heavy atom. The van der Waals surface area contributed by atoms with E-state index in [2.05, 4.69) is 134 Å². The van der Waals surface area contributed by atoms with Gasteiger partial charge in [-0.05, 0) is 51.6 Å². The summed E-state index contributed by atoms with van der Waals surface area (Å²) in [5.41, 5.74) is 7.28. The molecule has 0 bridgehead atoms. The van der Waals surface area contributed by atoms with Crippen LogP contribution < -0.4 is 10.4 Å². The highest BCUT2D eigenvalue weighted by Gasteiger charge is 2.32. The second kappa shape index (κ2) is 11.9. The van der Waals surface area contributed by atoms with E-state index in [0.29, 0.717) is 22.9 Å². The van der Waals surface area contributed by atoms with E-state index in [-0.39, 0.29) is 5.92 Å². The van der Waals surface area contributed by atoms with Gasteiger partial charge >= 0.3 is 0 Å². The van der Waals surface area contributed by atoms with E-state index >= 15 is 0 Å². The average Bonchev–Trinajstić information content (AvgIpc) is 3.52. The van der Waals surface area contributed by atoms with Crippen molar-refractivity contribution in [2.24, 2.45) is 0 Å². The number of benzene rings is 4. The first kappa shape index (κ1) is 28.2. The molecule has 4 atom stereocenters. The van der Waals surface area contributed by atoms with Gasteiger partial charge in [0.05, 0.1) is 0 Å². The molecule has 0 saturated heterocycles. The van der Waals surface area contributed by atoms with Crippen molar-refractivity contribution in [3.63, 3.8) is 0 Å². The van der Waals surface area contributed by atoms with E-state index in [1.807, 2.05) is 30.0 Å². The molecule has 4 aliphatic rings. The third kappa shape index (κ3) is 5.33. The summed E-state index contributed by atoms with van der Waals surface area (Å²) in [5, 5.41) is 2.82. The second-order valence-electron chi connectivity index (χ2n) is 12.6. The zero-order valence-electron chi connectivity index (χ0n) is 25.9. The van der Waals surface area contributed by atoms with Gasteiger partial charge in [0.2, 0.25) is 0 Å². The Kier molecular flexibility index (Phi) is 7.16. The third-order valence-electron chi connectivity index (χ3n) is 9.68. The van der Waals surface area contributed by atoms with Crippen LogP contribution in [-0.4, -0.2) is 20.2 Å². The van der Waals surface area contributed by atoms with Gasteiger partial charge in [-0.1, -0.05) is 146 Å². The minimum Gasteiger partial charge on any atom is -0.212 e. The normalized spacial score (nSPS) is 22.0. The van der Waals surface area contributed by atoms with Gasteiger partial charge < -0.3 is 0 Å². The van der Waals surface area contributed by atoms with Gasteiger partial charge in [0.15, 0.2) is 11.6 Å². The molecule has 5 aromatic rings. The number of allylic oxidation sites excluding steroid dienone is 8. The maximum atomic E-state index is 5.25.